The van der Waals surface area contributed by atoms with Crippen LogP contribution in [0.1, 0.15) is 22.3 Å². The van der Waals surface area contributed by atoms with E-state index in [2.05, 4.69) is 0 Å². The molecule has 1 aromatic carbocycles. The second-order valence-corrected chi connectivity index (χ2v) is 3.30. The van der Waals surface area contributed by atoms with Gasteiger partial charge in [-0.1, -0.05) is 29.8 Å². The Balaban J connectivity index is 2.75. The summed E-state index contributed by atoms with van der Waals surface area (Å²) in [6, 6.07) is 10.7. The van der Waals surface area contributed by atoms with E-state index >= 15 is 0 Å². The number of nitrogens with zero attached hydrogens (tertiary/aromatic N) is 2. The Labute approximate surface area is 88.6 Å². The van der Waals surface area contributed by atoms with Crippen molar-refractivity contribution >= 4 is 5.78 Å². The van der Waals surface area contributed by atoms with Gasteiger partial charge in [-0.05, 0) is 6.92 Å². The second-order valence-electron chi connectivity index (χ2n) is 3.30. The number of Topliss-reactive ketones (excluding diaryl/α,β-unsaturated/α-hetero) is 1. The highest BCUT2D eigenvalue weighted by Crippen LogP contribution is 2.10. The van der Waals surface area contributed by atoms with Crippen molar-refractivity contribution in [1.82, 2.24) is 0 Å². The fraction of sp³-hybridized carbons (Fsp3) is 0.250. The van der Waals surface area contributed by atoms with Gasteiger partial charge in [0.2, 0.25) is 0 Å². The van der Waals surface area contributed by atoms with Crippen molar-refractivity contribution in [2.45, 2.75) is 13.3 Å². The van der Waals surface area contributed by atoms with Gasteiger partial charge in [0.1, 0.15) is 5.92 Å². The Kier molecular flexibility index (Phi) is 3.60. The van der Waals surface area contributed by atoms with Gasteiger partial charge in [-0.25, -0.2) is 0 Å². The molecule has 0 aliphatic rings. The van der Waals surface area contributed by atoms with Crippen LogP contribution in [0.3, 0.4) is 0 Å². The highest BCUT2D eigenvalue weighted by atomic mass is 16.1. The predicted octanol–water partition coefficient (Wildman–Crippen LogP) is 2.23. The molecule has 0 bridgehead atoms. The van der Waals surface area contributed by atoms with Crippen molar-refractivity contribution in [2.24, 2.45) is 5.92 Å². The van der Waals surface area contributed by atoms with E-state index in [-0.39, 0.29) is 12.2 Å². The third-order valence-electron chi connectivity index (χ3n) is 2.07. The molecule has 3 heteroatoms. The van der Waals surface area contributed by atoms with Crippen molar-refractivity contribution in [2.75, 3.05) is 0 Å². The van der Waals surface area contributed by atoms with Crippen LogP contribution in [0, 0.1) is 35.5 Å². The Bertz CT molecular complexity index is 420. The first-order valence-electron chi connectivity index (χ1n) is 4.56. The van der Waals surface area contributed by atoms with Crippen LogP contribution < -0.4 is 0 Å². The van der Waals surface area contributed by atoms with Gasteiger partial charge in [0.05, 0.1) is 12.1 Å². The number of hydrogen-bond acceptors (Lipinski definition) is 3. The number of rotatable bonds is 3. The smallest absolute Gasteiger partial charge is 0.165 e. The fourth-order valence-corrected chi connectivity index (χ4v) is 1.16. The van der Waals surface area contributed by atoms with E-state index in [0.717, 1.165) is 5.56 Å². The van der Waals surface area contributed by atoms with Gasteiger partial charge >= 0.3 is 0 Å². The molecule has 0 aliphatic heterocycles. The molecule has 0 aliphatic carbocycles. The van der Waals surface area contributed by atoms with Gasteiger partial charge in [-0.15, -0.1) is 0 Å². The van der Waals surface area contributed by atoms with Crippen molar-refractivity contribution in [3.63, 3.8) is 0 Å². The largest absolute Gasteiger partial charge is 0.294 e. The van der Waals surface area contributed by atoms with Crippen LogP contribution in [0.2, 0.25) is 0 Å². The van der Waals surface area contributed by atoms with Crippen molar-refractivity contribution in [1.29, 1.82) is 10.5 Å². The molecule has 0 amide bonds. The van der Waals surface area contributed by atoms with Crippen LogP contribution in [-0.4, -0.2) is 5.78 Å². The Morgan fingerprint density at radius 2 is 1.80 bits per heavy atom. The monoisotopic (exact) mass is 198 g/mol. The molecule has 15 heavy (non-hydrogen) atoms. The Hall–Kier alpha value is -2.13. The molecule has 1 aromatic rings. The zero-order valence-electron chi connectivity index (χ0n) is 8.40. The summed E-state index contributed by atoms with van der Waals surface area (Å²) in [5.41, 5.74) is 1.62. The van der Waals surface area contributed by atoms with Crippen LogP contribution >= 0.6 is 0 Å². The quantitative estimate of drug-likeness (QED) is 0.699. The molecular formula is C12H10N2O. The van der Waals surface area contributed by atoms with Gasteiger partial charge in [0.25, 0.3) is 0 Å². The number of benzene rings is 1. The van der Waals surface area contributed by atoms with E-state index in [1.54, 1.807) is 24.3 Å². The summed E-state index contributed by atoms with van der Waals surface area (Å²) in [6.07, 6.45) is -0.0317. The minimum Gasteiger partial charge on any atom is -0.294 e. The molecule has 0 spiro atoms. The number of ketones is 1. The maximum atomic E-state index is 11.6. The third-order valence-corrected chi connectivity index (χ3v) is 2.07. The summed E-state index contributed by atoms with van der Waals surface area (Å²) in [5, 5.41) is 17.1. The van der Waals surface area contributed by atoms with Gasteiger partial charge < -0.3 is 0 Å². The highest BCUT2D eigenvalue weighted by molar-refractivity contribution is 5.96. The number of hydrogen-bond donors (Lipinski definition) is 0. The molecule has 0 atom stereocenters. The molecule has 0 aromatic heterocycles. The third kappa shape index (κ3) is 2.93. The molecule has 0 N–H and O–H groups in total. The molecule has 74 valence electrons. The molecule has 0 unspecified atom stereocenters. The average Bonchev–Trinajstić information content (AvgIpc) is 2.26. The van der Waals surface area contributed by atoms with Crippen molar-refractivity contribution in [3.8, 4) is 12.1 Å². The summed E-state index contributed by atoms with van der Waals surface area (Å²) in [7, 11) is 0. The molecule has 0 fully saturated rings. The summed E-state index contributed by atoms with van der Waals surface area (Å²) in [5.74, 6) is -1.01. The van der Waals surface area contributed by atoms with Crippen LogP contribution in [0.15, 0.2) is 24.3 Å². The van der Waals surface area contributed by atoms with E-state index in [1.807, 2.05) is 19.1 Å². The van der Waals surface area contributed by atoms with E-state index in [1.165, 1.54) is 0 Å². The highest BCUT2D eigenvalue weighted by Gasteiger charge is 2.13. The molecule has 3 nitrogen and oxygen atoms in total. The van der Waals surface area contributed by atoms with Gasteiger partial charge in [-0.3, -0.25) is 4.79 Å². The lowest BCUT2D eigenvalue weighted by Crippen LogP contribution is -2.05. The SMILES string of the molecule is Cc1ccc(C(=O)CC(C#N)C#N)cc1. The fourth-order valence-electron chi connectivity index (χ4n) is 1.16. The van der Waals surface area contributed by atoms with Gasteiger partial charge in [-0.2, -0.15) is 10.5 Å². The van der Waals surface area contributed by atoms with E-state index in [0.29, 0.717) is 5.56 Å². The summed E-state index contributed by atoms with van der Waals surface area (Å²) in [6.45, 7) is 1.93. The lowest BCUT2D eigenvalue weighted by atomic mass is 10.00. The van der Waals surface area contributed by atoms with Gasteiger partial charge in [0, 0.05) is 12.0 Å². The van der Waals surface area contributed by atoms with E-state index in [9.17, 15) is 4.79 Å². The number of aryl methyl sites for hydroxylation is 1. The van der Waals surface area contributed by atoms with Crippen LogP contribution in [0.5, 0.6) is 0 Å². The van der Waals surface area contributed by atoms with E-state index in [4.69, 9.17) is 10.5 Å². The van der Waals surface area contributed by atoms with Crippen molar-refractivity contribution in [3.05, 3.63) is 35.4 Å². The second kappa shape index (κ2) is 4.93. The lowest BCUT2D eigenvalue weighted by Gasteiger charge is -2.01. The van der Waals surface area contributed by atoms with E-state index < -0.39 is 5.92 Å². The Morgan fingerprint density at radius 1 is 1.27 bits per heavy atom. The average molecular weight is 198 g/mol. The maximum absolute atomic E-state index is 11.6. The van der Waals surface area contributed by atoms with Gasteiger partial charge in [0.15, 0.2) is 5.78 Å². The first-order valence-corrected chi connectivity index (χ1v) is 4.56. The summed E-state index contributed by atoms with van der Waals surface area (Å²) >= 11 is 0. The molecular weight excluding hydrogens is 188 g/mol. The Morgan fingerprint density at radius 3 is 2.27 bits per heavy atom. The normalized spacial score (nSPS) is 9.33. The van der Waals surface area contributed by atoms with Crippen LogP contribution in [0.25, 0.3) is 0 Å². The van der Waals surface area contributed by atoms with Crippen LogP contribution in [0.4, 0.5) is 0 Å². The molecule has 0 radical (unpaired) electrons. The molecule has 0 saturated carbocycles. The number of carbonyl (C=O) groups is 1. The molecule has 1 rings (SSSR count). The first-order chi connectivity index (χ1) is 7.17. The summed E-state index contributed by atoms with van der Waals surface area (Å²) < 4.78 is 0. The minimum atomic E-state index is -0.848. The molecule has 0 heterocycles. The topological polar surface area (TPSA) is 64.7 Å². The lowest BCUT2D eigenvalue weighted by molar-refractivity contribution is 0.0976. The first kappa shape index (κ1) is 10.9. The minimum absolute atomic E-state index is 0.0317. The number of nitriles is 2. The standard InChI is InChI=1S/C12H10N2O/c1-9-2-4-11(5-3-9)12(15)6-10(7-13)8-14/h2-5,10H,6H2,1H3. The summed E-state index contributed by atoms with van der Waals surface area (Å²) in [4.78, 5) is 11.6. The number of carbonyl (C=O) groups excluding carboxylic acids is 1. The maximum Gasteiger partial charge on any atom is 0.165 e. The zero-order chi connectivity index (χ0) is 11.3. The molecule has 0 saturated heterocycles. The van der Waals surface area contributed by atoms with Crippen LogP contribution in [-0.2, 0) is 0 Å². The zero-order valence-corrected chi connectivity index (χ0v) is 8.40. The predicted molar refractivity (Wildman–Crippen MR) is 54.8 cm³/mol. The van der Waals surface area contributed by atoms with Crippen molar-refractivity contribution < 1.29 is 4.79 Å².